The number of H-pyrrole nitrogens is 1. The highest BCUT2D eigenvalue weighted by atomic mass is 35.5. The van der Waals surface area contributed by atoms with Gasteiger partial charge in [-0.3, -0.25) is 5.10 Å². The number of carbonyl (C=O) groups is 1. The molecule has 5 N–H and O–H groups in total. The Labute approximate surface area is 203 Å². The summed E-state index contributed by atoms with van der Waals surface area (Å²) in [5.41, 5.74) is 8.22. The first-order valence-electron chi connectivity index (χ1n) is 10.5. The molecule has 0 aliphatic rings. The Kier molecular flexibility index (Phi) is 6.10. The molecule has 0 atom stereocenters. The van der Waals surface area contributed by atoms with Crippen LogP contribution in [0.15, 0.2) is 48.5 Å². The number of hydrogen-bond acceptors (Lipinski definition) is 4. The Bertz CT molecular complexity index is 1410. The zero-order valence-electron chi connectivity index (χ0n) is 19.0. The van der Waals surface area contributed by atoms with Crippen LogP contribution in [-0.4, -0.2) is 21.2 Å². The van der Waals surface area contributed by atoms with Crippen molar-refractivity contribution in [3.8, 4) is 11.1 Å². The number of amides is 2. The first-order chi connectivity index (χ1) is 16.3. The van der Waals surface area contributed by atoms with Crippen molar-refractivity contribution in [1.82, 2.24) is 15.2 Å². The van der Waals surface area contributed by atoms with E-state index in [9.17, 15) is 18.0 Å². The van der Waals surface area contributed by atoms with Crippen LogP contribution in [0.25, 0.3) is 22.2 Å². The standard InChI is InChI=1S/C24H22ClF3N6O/c1-23(2,3)18-11-15(19-20(29)33-34-21(19)32-18)12-4-7-14(8-5-12)30-22(35)31-17-10-13(24(26,27)28)6-9-16(17)25/h4-11H,1-3H3,(H2,30,31,35)(H3,29,32,33,34). The molecule has 0 radical (unpaired) electrons. The highest BCUT2D eigenvalue weighted by Gasteiger charge is 2.31. The molecule has 2 heterocycles. The van der Waals surface area contributed by atoms with E-state index >= 15 is 0 Å². The van der Waals surface area contributed by atoms with Gasteiger partial charge in [0.25, 0.3) is 0 Å². The molecule has 0 saturated carbocycles. The van der Waals surface area contributed by atoms with E-state index in [1.807, 2.05) is 26.8 Å². The molecule has 4 rings (SSSR count). The fourth-order valence-electron chi connectivity index (χ4n) is 3.47. The van der Waals surface area contributed by atoms with Crippen LogP contribution in [0.4, 0.5) is 35.2 Å². The molecule has 2 aromatic carbocycles. The Morgan fingerprint density at radius 1 is 1.03 bits per heavy atom. The topological polar surface area (TPSA) is 109 Å². The van der Waals surface area contributed by atoms with Gasteiger partial charge in [0.05, 0.1) is 21.7 Å². The smallest absolute Gasteiger partial charge is 0.383 e. The summed E-state index contributed by atoms with van der Waals surface area (Å²) < 4.78 is 38.9. The molecular formula is C24H22ClF3N6O. The zero-order chi connectivity index (χ0) is 25.5. The van der Waals surface area contributed by atoms with Crippen molar-refractivity contribution in [2.24, 2.45) is 0 Å². The number of fused-ring (bicyclic) bond motifs is 1. The summed E-state index contributed by atoms with van der Waals surface area (Å²) in [7, 11) is 0. The number of pyridine rings is 1. The van der Waals surface area contributed by atoms with Crippen molar-refractivity contribution < 1.29 is 18.0 Å². The van der Waals surface area contributed by atoms with Crippen LogP contribution >= 0.6 is 11.6 Å². The number of rotatable bonds is 3. The van der Waals surface area contributed by atoms with Crippen LogP contribution in [0.5, 0.6) is 0 Å². The predicted octanol–water partition coefficient (Wildman–Crippen LogP) is 6.82. The summed E-state index contributed by atoms with van der Waals surface area (Å²) in [5.74, 6) is 0.391. The second kappa shape index (κ2) is 8.77. The second-order valence-electron chi connectivity index (χ2n) is 8.99. The SMILES string of the molecule is CC(C)(C)c1cc(-c2ccc(NC(=O)Nc3cc(C(F)(F)F)ccc3Cl)cc2)c2c(N)[nH]nc2n1. The summed E-state index contributed by atoms with van der Waals surface area (Å²) in [6.45, 7) is 6.13. The number of carbonyl (C=O) groups excluding carboxylic acids is 1. The summed E-state index contributed by atoms with van der Waals surface area (Å²) in [4.78, 5) is 17.0. The van der Waals surface area contributed by atoms with Gasteiger partial charge in [-0.2, -0.15) is 18.3 Å². The van der Waals surface area contributed by atoms with Gasteiger partial charge >= 0.3 is 12.2 Å². The van der Waals surface area contributed by atoms with Crippen molar-refractivity contribution >= 4 is 45.9 Å². The second-order valence-corrected chi connectivity index (χ2v) is 9.40. The summed E-state index contributed by atoms with van der Waals surface area (Å²) in [5, 5.41) is 12.6. The van der Waals surface area contributed by atoms with Crippen LogP contribution in [0.1, 0.15) is 32.0 Å². The molecule has 0 unspecified atom stereocenters. The number of hydrogen-bond donors (Lipinski definition) is 4. The number of nitrogens with zero attached hydrogens (tertiary/aromatic N) is 2. The van der Waals surface area contributed by atoms with Crippen molar-refractivity contribution in [3.05, 3.63) is 64.8 Å². The number of urea groups is 1. The minimum Gasteiger partial charge on any atom is -0.383 e. The maximum atomic E-state index is 13.0. The Morgan fingerprint density at radius 3 is 2.34 bits per heavy atom. The largest absolute Gasteiger partial charge is 0.416 e. The Hall–Kier alpha value is -3.79. The zero-order valence-corrected chi connectivity index (χ0v) is 19.8. The van der Waals surface area contributed by atoms with Crippen LogP contribution in [0.3, 0.4) is 0 Å². The van der Waals surface area contributed by atoms with Crippen molar-refractivity contribution in [3.63, 3.8) is 0 Å². The van der Waals surface area contributed by atoms with E-state index in [-0.39, 0.29) is 16.1 Å². The van der Waals surface area contributed by atoms with E-state index < -0.39 is 17.8 Å². The van der Waals surface area contributed by atoms with Crippen LogP contribution < -0.4 is 16.4 Å². The van der Waals surface area contributed by atoms with E-state index in [1.165, 1.54) is 0 Å². The minimum atomic E-state index is -4.56. The van der Waals surface area contributed by atoms with Gasteiger partial charge in [0.1, 0.15) is 5.82 Å². The van der Waals surface area contributed by atoms with Crippen LogP contribution in [-0.2, 0) is 11.6 Å². The van der Waals surface area contributed by atoms with Gasteiger partial charge in [0.15, 0.2) is 5.65 Å². The lowest BCUT2D eigenvalue weighted by Gasteiger charge is -2.19. The third kappa shape index (κ3) is 5.17. The van der Waals surface area contributed by atoms with Gasteiger partial charge < -0.3 is 16.4 Å². The number of benzene rings is 2. The van der Waals surface area contributed by atoms with Gasteiger partial charge in [-0.05, 0) is 47.5 Å². The lowest BCUT2D eigenvalue weighted by molar-refractivity contribution is -0.137. The highest BCUT2D eigenvalue weighted by molar-refractivity contribution is 6.33. The number of nitrogens with one attached hydrogen (secondary N) is 3. The molecule has 4 aromatic rings. The quantitative estimate of drug-likeness (QED) is 0.246. The Morgan fingerprint density at radius 2 is 1.71 bits per heavy atom. The molecule has 0 fully saturated rings. The summed E-state index contributed by atoms with van der Waals surface area (Å²) >= 11 is 5.94. The number of nitrogens with two attached hydrogens (primary N) is 1. The summed E-state index contributed by atoms with van der Waals surface area (Å²) in [6.07, 6.45) is -4.56. The molecule has 0 saturated heterocycles. The monoisotopic (exact) mass is 502 g/mol. The number of aromatic amines is 1. The van der Waals surface area contributed by atoms with E-state index in [1.54, 1.807) is 24.3 Å². The minimum absolute atomic E-state index is 0.0162. The molecule has 11 heteroatoms. The molecule has 0 aliphatic heterocycles. The van der Waals surface area contributed by atoms with Crippen molar-refractivity contribution in [2.75, 3.05) is 16.4 Å². The molecule has 0 aliphatic carbocycles. The third-order valence-corrected chi connectivity index (χ3v) is 5.65. The van der Waals surface area contributed by atoms with Gasteiger partial charge in [-0.25, -0.2) is 9.78 Å². The maximum absolute atomic E-state index is 13.0. The number of anilines is 3. The lowest BCUT2D eigenvalue weighted by atomic mass is 9.89. The fourth-order valence-corrected chi connectivity index (χ4v) is 3.64. The number of aromatic nitrogens is 3. The molecule has 0 bridgehead atoms. The van der Waals surface area contributed by atoms with Gasteiger partial charge in [-0.15, -0.1) is 0 Å². The van der Waals surface area contributed by atoms with Crippen molar-refractivity contribution in [2.45, 2.75) is 32.4 Å². The van der Waals surface area contributed by atoms with Crippen molar-refractivity contribution in [1.29, 1.82) is 0 Å². The number of alkyl halides is 3. The number of halogens is 4. The molecule has 35 heavy (non-hydrogen) atoms. The molecule has 7 nitrogen and oxygen atoms in total. The first kappa shape index (κ1) is 24.3. The van der Waals surface area contributed by atoms with Crippen LogP contribution in [0.2, 0.25) is 5.02 Å². The Balaban J connectivity index is 1.57. The maximum Gasteiger partial charge on any atom is 0.416 e. The van der Waals surface area contributed by atoms with E-state index in [0.29, 0.717) is 22.5 Å². The number of nitrogen functional groups attached to an aromatic ring is 1. The normalized spacial score (nSPS) is 12.1. The van der Waals surface area contributed by atoms with Gasteiger partial charge in [-0.1, -0.05) is 44.5 Å². The molecule has 2 aromatic heterocycles. The highest BCUT2D eigenvalue weighted by Crippen LogP contribution is 2.36. The van der Waals surface area contributed by atoms with Gasteiger partial charge in [0, 0.05) is 16.8 Å². The first-order valence-corrected chi connectivity index (χ1v) is 10.9. The average Bonchev–Trinajstić information content (AvgIpc) is 3.15. The fraction of sp³-hybridized carbons (Fsp3) is 0.208. The van der Waals surface area contributed by atoms with E-state index in [2.05, 4.69) is 25.8 Å². The molecular weight excluding hydrogens is 481 g/mol. The lowest BCUT2D eigenvalue weighted by Crippen LogP contribution is -2.20. The third-order valence-electron chi connectivity index (χ3n) is 5.32. The predicted molar refractivity (Wildman–Crippen MR) is 132 cm³/mol. The molecule has 182 valence electrons. The molecule has 0 spiro atoms. The molecule has 2 amide bonds. The van der Waals surface area contributed by atoms with Crippen LogP contribution in [0, 0.1) is 0 Å². The van der Waals surface area contributed by atoms with Gasteiger partial charge in [0.2, 0.25) is 0 Å². The average molecular weight is 503 g/mol. The van der Waals surface area contributed by atoms with E-state index in [4.69, 9.17) is 17.3 Å². The van der Waals surface area contributed by atoms with E-state index in [0.717, 1.165) is 35.0 Å². The summed E-state index contributed by atoms with van der Waals surface area (Å²) in [6, 6.07) is 10.8.